The Morgan fingerprint density at radius 1 is 0.364 bits per heavy atom. The molecule has 0 saturated heterocycles. The number of hydrogen-bond donors (Lipinski definition) is 0. The molecule has 0 heterocycles. The molecule has 0 N–H and O–H groups in total. The van der Waals surface area contributed by atoms with E-state index in [-0.39, 0.29) is 196 Å². The van der Waals surface area contributed by atoms with Crippen molar-refractivity contribution in [2.45, 2.75) is 0 Å². The maximum Gasteiger partial charge on any atom is 4.00 e. The molecule has 0 saturated carbocycles. The molecule has 0 aromatic rings. The predicted octanol–water partition coefficient (Wildman–Crippen LogP) is -24.0. The van der Waals surface area contributed by atoms with Crippen molar-refractivity contribution in [1.29, 1.82) is 0 Å². The average molecular weight is 844 g/mol. The normalized spacial score (nSPS) is 0. The third-order valence-electron chi connectivity index (χ3n) is 0. The minimum Gasteiger partial charge on any atom is -1.00 e. The van der Waals surface area contributed by atoms with E-state index in [2.05, 4.69) is 0 Å². The van der Waals surface area contributed by atoms with Crippen LogP contribution < -0.4 is 136 Å². The van der Waals surface area contributed by atoms with Crippen LogP contribution >= 0.6 is 0 Å². The Morgan fingerprint density at radius 3 is 0.364 bits per heavy atom. The van der Waals surface area contributed by atoms with Gasteiger partial charge in [-0.1, -0.05) is 0 Å². The summed E-state index contributed by atoms with van der Waals surface area (Å²) in [6, 6.07) is 0. The molecule has 11 heavy (non-hydrogen) atoms. The Labute approximate surface area is 192 Å². The van der Waals surface area contributed by atoms with Crippen molar-refractivity contribution < 1.29 is 196 Å². The van der Waals surface area contributed by atoms with Gasteiger partial charge >= 0.3 is 60.1 Å². The molecule has 0 atom stereocenters. The zero-order valence-electron chi connectivity index (χ0n) is 4.24. The smallest absolute Gasteiger partial charge is 1.00 e. The van der Waals surface area contributed by atoms with Crippen molar-refractivity contribution in [3.05, 3.63) is 0 Å². The van der Waals surface area contributed by atoms with Crippen LogP contribution in [0.2, 0.25) is 0 Å². The third kappa shape index (κ3) is 90.1. The zero-order chi connectivity index (χ0) is 0. The molecule has 0 nitrogen and oxygen atoms in total. The van der Waals surface area contributed by atoms with Gasteiger partial charge in [0, 0.05) is 0 Å². The first-order valence-electron chi connectivity index (χ1n) is 0. The Bertz CT molecular complexity index is 14.1. The van der Waals surface area contributed by atoms with Gasteiger partial charge in [-0.15, -0.1) is 0 Å². The first kappa shape index (κ1) is 126. The molecule has 0 rings (SSSR count). The van der Waals surface area contributed by atoms with Crippen LogP contribution in [0.5, 0.6) is 0 Å². The van der Waals surface area contributed by atoms with Gasteiger partial charge in [0.1, 0.15) is 0 Å². The molecule has 0 unspecified atom stereocenters. The maximum atomic E-state index is 0. The molecule has 0 amide bonds. The molecular weight excluding hydrogens is 844 g/mol. The van der Waals surface area contributed by atoms with E-state index < -0.39 is 0 Å². The Kier molecular flexibility index (Phi) is 1180. The van der Waals surface area contributed by atoms with Crippen LogP contribution in [0.25, 0.3) is 0 Å². The maximum absolute atomic E-state index is 0. The van der Waals surface area contributed by atoms with Crippen LogP contribution in [0.1, 0.15) is 0 Å². The third-order valence-corrected chi connectivity index (χ3v) is 0. The van der Waals surface area contributed by atoms with E-state index in [1.807, 2.05) is 0 Å². The van der Waals surface area contributed by atoms with Crippen LogP contribution in [-0.2, 0) is 60.1 Å². The van der Waals surface area contributed by atoms with Gasteiger partial charge in [-0.05, 0) is 0 Å². The predicted molar refractivity (Wildman–Crippen MR) is 0 cm³/mol. The fourth-order valence-electron chi connectivity index (χ4n) is 0. The molecule has 0 bridgehead atoms. The second kappa shape index (κ2) is 104. The monoisotopic (exact) mass is 835 g/mol. The van der Waals surface area contributed by atoms with Crippen molar-refractivity contribution in [2.75, 3.05) is 0 Å². The summed E-state index contributed by atoms with van der Waals surface area (Å²) in [7, 11) is 0. The van der Waals surface area contributed by atoms with Crippen LogP contribution in [0, 0.1) is 0 Å². The summed E-state index contributed by atoms with van der Waals surface area (Å²) in [5.41, 5.74) is 0. The minimum absolute atomic E-state index is 0. The minimum atomic E-state index is 0. The summed E-state index contributed by atoms with van der Waals surface area (Å²) >= 11 is 0. The second-order valence-corrected chi connectivity index (χ2v) is 0. The van der Waals surface area contributed by atoms with Crippen molar-refractivity contribution in [3.63, 3.8) is 0 Å². The molecule has 0 aromatic carbocycles. The van der Waals surface area contributed by atoms with Crippen LogP contribution in [0.15, 0.2) is 0 Å². The first-order chi connectivity index (χ1) is 0. The van der Waals surface area contributed by atoms with E-state index in [1.54, 1.807) is 0 Å². The molecule has 0 fully saturated rings. The molecule has 2 radical (unpaired) electrons. The van der Waals surface area contributed by atoms with E-state index in [1.165, 1.54) is 0 Å². The van der Waals surface area contributed by atoms with Gasteiger partial charge in [0.15, 0.2) is 0 Å². The summed E-state index contributed by atoms with van der Waals surface area (Å²) < 4.78 is 0. The summed E-state index contributed by atoms with van der Waals surface area (Å²) in [6.45, 7) is 0. The standard InChI is InChI=1S/8BrH.Co.Mn.Zr/h8*1H;;;/q;;;;;;;;2*+2;+4/p-8. The molecular formula is Br8CoMnZr. The Balaban J connectivity index is 0. The van der Waals surface area contributed by atoms with E-state index >= 15 is 0 Å². The van der Waals surface area contributed by atoms with E-state index in [0.29, 0.717) is 0 Å². The largest absolute Gasteiger partial charge is 4.00 e. The van der Waals surface area contributed by atoms with Crippen LogP contribution in [-0.4, -0.2) is 0 Å². The van der Waals surface area contributed by atoms with Gasteiger partial charge in [0.2, 0.25) is 0 Å². The molecule has 0 aliphatic rings. The molecule has 0 aliphatic heterocycles. The molecule has 76 valence electrons. The SMILES string of the molecule is [Br-].[Br-].[Br-].[Br-].[Br-].[Br-].[Br-].[Br-].[Co+2].[Mn+2].[Zr+4]. The van der Waals surface area contributed by atoms with Gasteiger partial charge < -0.3 is 136 Å². The Morgan fingerprint density at radius 2 is 0.364 bits per heavy atom. The Hall–Kier alpha value is 5.75. The zero-order valence-corrected chi connectivity index (χ0v) is 21.6. The first-order valence-corrected chi connectivity index (χ1v) is 0. The number of halogens is 8. The summed E-state index contributed by atoms with van der Waals surface area (Å²) in [5.74, 6) is 0. The molecule has 11 heteroatoms. The van der Waals surface area contributed by atoms with Gasteiger partial charge in [-0.25, -0.2) is 0 Å². The van der Waals surface area contributed by atoms with Gasteiger partial charge in [-0.3, -0.25) is 0 Å². The fourth-order valence-corrected chi connectivity index (χ4v) is 0. The van der Waals surface area contributed by atoms with E-state index in [4.69, 9.17) is 0 Å². The van der Waals surface area contributed by atoms with Crippen molar-refractivity contribution in [3.8, 4) is 0 Å². The van der Waals surface area contributed by atoms with Crippen molar-refractivity contribution >= 4 is 0 Å². The van der Waals surface area contributed by atoms with Crippen molar-refractivity contribution in [2.24, 2.45) is 0 Å². The molecule has 0 spiro atoms. The van der Waals surface area contributed by atoms with Crippen molar-refractivity contribution in [1.82, 2.24) is 0 Å². The number of hydrogen-bond acceptors (Lipinski definition) is 0. The molecule has 0 aromatic heterocycles. The average Bonchev–Trinajstić information content (AvgIpc) is 0. The van der Waals surface area contributed by atoms with E-state index in [9.17, 15) is 0 Å². The summed E-state index contributed by atoms with van der Waals surface area (Å²) in [4.78, 5) is 0. The van der Waals surface area contributed by atoms with Gasteiger partial charge in [0.05, 0.1) is 0 Å². The second-order valence-electron chi connectivity index (χ2n) is 0. The summed E-state index contributed by atoms with van der Waals surface area (Å²) in [6.07, 6.45) is 0. The van der Waals surface area contributed by atoms with Gasteiger partial charge in [0.25, 0.3) is 0 Å². The fraction of sp³-hybridized carbons (Fsp3) is 0. The van der Waals surface area contributed by atoms with E-state index in [0.717, 1.165) is 0 Å². The van der Waals surface area contributed by atoms with Gasteiger partial charge in [-0.2, -0.15) is 0 Å². The number of rotatable bonds is 0. The molecule has 0 aliphatic carbocycles. The quantitative estimate of drug-likeness (QED) is 0.213. The summed E-state index contributed by atoms with van der Waals surface area (Å²) in [5, 5.41) is 0. The van der Waals surface area contributed by atoms with Crippen LogP contribution in [0.4, 0.5) is 0 Å². The topological polar surface area (TPSA) is 0 Å². The van der Waals surface area contributed by atoms with Crippen LogP contribution in [0.3, 0.4) is 0 Å².